The van der Waals surface area contributed by atoms with Crippen LogP contribution in [-0.4, -0.2) is 56.3 Å². The second-order valence-corrected chi connectivity index (χ2v) is 10.6. The van der Waals surface area contributed by atoms with Crippen molar-refractivity contribution in [2.45, 2.75) is 56.0 Å². The van der Waals surface area contributed by atoms with Gasteiger partial charge in [0.1, 0.15) is 24.4 Å². The van der Waals surface area contributed by atoms with Crippen LogP contribution in [0.2, 0.25) is 0 Å². The molecule has 1 saturated heterocycles. The maximum Gasteiger partial charge on any atom is 0.523 e. The first-order chi connectivity index (χ1) is 19.1. The van der Waals surface area contributed by atoms with Gasteiger partial charge in [0.2, 0.25) is 0 Å². The van der Waals surface area contributed by atoms with Gasteiger partial charge in [-0.15, -0.1) is 0 Å². The lowest BCUT2D eigenvalue weighted by molar-refractivity contribution is -0.304. The summed E-state index contributed by atoms with van der Waals surface area (Å²) in [5.41, 5.74) is -3.61. The molecule has 0 radical (unpaired) electrons. The lowest BCUT2D eigenvalue weighted by Gasteiger charge is -2.43. The van der Waals surface area contributed by atoms with E-state index in [9.17, 15) is 26.7 Å². The number of aliphatic hydroxyl groups excluding tert-OH is 1. The number of hydrogen-bond donors (Lipinski definition) is 1. The fraction of sp³-hybridized carbons (Fsp3) is 0.357. The van der Waals surface area contributed by atoms with Gasteiger partial charge in [0, 0.05) is 0 Å². The molecule has 1 fully saturated rings. The van der Waals surface area contributed by atoms with Gasteiger partial charge in [0.15, 0.2) is 6.29 Å². The van der Waals surface area contributed by atoms with Gasteiger partial charge < -0.3 is 24.1 Å². The molecule has 0 unspecified atom stereocenters. The van der Waals surface area contributed by atoms with E-state index in [0.29, 0.717) is 11.1 Å². The average molecular weight is 583 g/mol. The predicted octanol–water partition coefficient (Wildman–Crippen LogP) is 4.33. The highest BCUT2D eigenvalue weighted by Gasteiger charge is 2.55. The summed E-state index contributed by atoms with van der Waals surface area (Å²) in [6, 6.07) is 26.4. The zero-order valence-electron chi connectivity index (χ0n) is 21.2. The molecule has 216 valence electrons. The van der Waals surface area contributed by atoms with E-state index in [4.69, 9.17) is 23.1 Å². The van der Waals surface area contributed by atoms with E-state index in [2.05, 4.69) is 0 Å². The molecule has 5 atom stereocenters. The smallest absolute Gasteiger partial charge is 0.374 e. The number of alkyl halides is 3. The van der Waals surface area contributed by atoms with E-state index in [-0.39, 0.29) is 26.4 Å². The van der Waals surface area contributed by atoms with Gasteiger partial charge in [0.05, 0.1) is 26.4 Å². The lowest BCUT2D eigenvalue weighted by atomic mass is 9.98. The highest BCUT2D eigenvalue weighted by molar-refractivity contribution is 7.87. The van der Waals surface area contributed by atoms with Crippen LogP contribution >= 0.6 is 0 Å². The van der Waals surface area contributed by atoms with Gasteiger partial charge >= 0.3 is 15.6 Å². The summed E-state index contributed by atoms with van der Waals surface area (Å²) in [5, 5.41) is 10.8. The molecule has 1 N–H and O–H groups in total. The molecule has 0 aliphatic carbocycles. The van der Waals surface area contributed by atoms with Crippen molar-refractivity contribution in [2.75, 3.05) is 6.61 Å². The van der Waals surface area contributed by atoms with Gasteiger partial charge in [-0.3, -0.25) is 4.18 Å². The van der Waals surface area contributed by atoms with Gasteiger partial charge in [-0.25, -0.2) is 0 Å². The number of hydrogen-bond acceptors (Lipinski definition) is 8. The van der Waals surface area contributed by atoms with Crippen molar-refractivity contribution in [1.82, 2.24) is 0 Å². The number of ether oxygens (including phenoxy) is 4. The molecule has 0 saturated carbocycles. The average Bonchev–Trinajstić information content (AvgIpc) is 2.93. The van der Waals surface area contributed by atoms with Crippen LogP contribution in [0.25, 0.3) is 0 Å². The molecule has 12 heteroatoms. The summed E-state index contributed by atoms with van der Waals surface area (Å²) in [5.74, 6) is 0. The van der Waals surface area contributed by atoms with Gasteiger partial charge in [-0.1, -0.05) is 91.0 Å². The first-order valence-electron chi connectivity index (χ1n) is 12.4. The fourth-order valence-corrected chi connectivity index (χ4v) is 4.74. The molecule has 40 heavy (non-hydrogen) atoms. The van der Waals surface area contributed by atoms with Crippen molar-refractivity contribution in [2.24, 2.45) is 0 Å². The molecule has 0 spiro atoms. The summed E-state index contributed by atoms with van der Waals surface area (Å²) < 4.78 is 92.3. The van der Waals surface area contributed by atoms with E-state index < -0.39 is 46.3 Å². The number of rotatable bonds is 12. The Morgan fingerprint density at radius 2 is 1.15 bits per heavy atom. The number of aliphatic hydroxyl groups is 1. The van der Waals surface area contributed by atoms with E-state index in [0.717, 1.165) is 5.56 Å². The molecule has 1 aliphatic rings. The summed E-state index contributed by atoms with van der Waals surface area (Å²) in [7, 11) is -6.11. The number of halogens is 3. The molecular weight excluding hydrogens is 553 g/mol. The van der Waals surface area contributed by atoms with Gasteiger partial charge in [-0.05, 0) is 16.7 Å². The van der Waals surface area contributed by atoms with Gasteiger partial charge in [-0.2, -0.15) is 21.6 Å². The highest BCUT2D eigenvalue weighted by atomic mass is 32.2. The van der Waals surface area contributed by atoms with Crippen LogP contribution in [0.15, 0.2) is 91.0 Å². The zero-order chi connectivity index (χ0) is 28.6. The molecule has 1 aliphatic heterocycles. The van der Waals surface area contributed by atoms with Crippen molar-refractivity contribution in [3.05, 3.63) is 108 Å². The normalized spacial score (nSPS) is 23.6. The topological polar surface area (TPSA) is 101 Å². The van der Waals surface area contributed by atoms with Crippen LogP contribution in [0.3, 0.4) is 0 Å². The zero-order valence-corrected chi connectivity index (χ0v) is 22.0. The molecular formula is C28H29F3O8S. The third-order valence-corrected chi connectivity index (χ3v) is 7.14. The molecule has 4 rings (SSSR count). The first kappa shape index (κ1) is 30.1. The highest BCUT2D eigenvalue weighted by Crippen LogP contribution is 2.34. The molecule has 3 aromatic rings. The Morgan fingerprint density at radius 3 is 1.62 bits per heavy atom. The van der Waals surface area contributed by atoms with Crippen LogP contribution in [0.4, 0.5) is 13.2 Å². The Bertz CT molecular complexity index is 1280. The Morgan fingerprint density at radius 1 is 0.700 bits per heavy atom. The Balaban J connectivity index is 1.61. The Labute approximate surface area is 230 Å². The molecule has 1 heterocycles. The molecule has 0 amide bonds. The van der Waals surface area contributed by atoms with Crippen molar-refractivity contribution in [1.29, 1.82) is 0 Å². The van der Waals surface area contributed by atoms with Crippen LogP contribution in [0.1, 0.15) is 16.7 Å². The minimum absolute atomic E-state index is 0.114. The molecule has 8 nitrogen and oxygen atoms in total. The van der Waals surface area contributed by atoms with E-state index in [1.807, 2.05) is 30.3 Å². The van der Waals surface area contributed by atoms with E-state index in [1.165, 1.54) is 0 Å². The third-order valence-electron chi connectivity index (χ3n) is 6.09. The van der Waals surface area contributed by atoms with E-state index in [1.54, 1.807) is 60.7 Å². The van der Waals surface area contributed by atoms with Crippen molar-refractivity contribution in [3.8, 4) is 0 Å². The fourth-order valence-electron chi connectivity index (χ4n) is 4.12. The summed E-state index contributed by atoms with van der Waals surface area (Å²) in [6.45, 7) is -0.402. The maximum atomic E-state index is 13.4. The predicted molar refractivity (Wildman–Crippen MR) is 137 cm³/mol. The molecule has 3 aromatic carbocycles. The Hall–Kier alpha value is -2.84. The largest absolute Gasteiger partial charge is 0.523 e. The maximum absolute atomic E-state index is 13.4. The van der Waals surface area contributed by atoms with Crippen molar-refractivity contribution < 1.29 is 49.8 Å². The summed E-state index contributed by atoms with van der Waals surface area (Å²) in [6.07, 6.45) is -8.06. The minimum Gasteiger partial charge on any atom is -0.374 e. The van der Waals surface area contributed by atoms with Crippen LogP contribution in [0.5, 0.6) is 0 Å². The van der Waals surface area contributed by atoms with Crippen LogP contribution in [0, 0.1) is 0 Å². The Kier molecular flexibility index (Phi) is 10.3. The SMILES string of the molecule is O=S(=O)(O[C@@H]1[C@@H](OCc2ccccc2)[C@@H](O)O[C@H](COCc2ccccc2)[C@@H]1OCc1ccccc1)C(F)(F)F. The minimum atomic E-state index is -6.11. The molecule has 0 aromatic heterocycles. The van der Waals surface area contributed by atoms with Crippen LogP contribution < -0.4 is 0 Å². The quantitative estimate of drug-likeness (QED) is 0.249. The monoisotopic (exact) mass is 582 g/mol. The van der Waals surface area contributed by atoms with Crippen molar-refractivity contribution >= 4 is 10.1 Å². The second kappa shape index (κ2) is 13.7. The number of benzene rings is 3. The standard InChI is InChI=1S/C28H29F3O8S/c29-28(30,31)40(33,34)39-25-24(36-17-21-12-6-2-7-13-21)23(19-35-16-20-10-4-1-5-11-20)38-27(32)26(25)37-18-22-14-8-3-9-15-22/h1-15,23-27,32H,16-19H2/t23-,24+,25+,26-,27+/m1/s1. The van der Waals surface area contributed by atoms with Gasteiger partial charge in [0.25, 0.3) is 0 Å². The lowest BCUT2D eigenvalue weighted by Crippen LogP contribution is -2.62. The summed E-state index contributed by atoms with van der Waals surface area (Å²) in [4.78, 5) is 0. The molecule has 0 bridgehead atoms. The first-order valence-corrected chi connectivity index (χ1v) is 13.8. The van der Waals surface area contributed by atoms with Crippen LogP contribution in [-0.2, 0) is 53.1 Å². The second-order valence-electron chi connectivity index (χ2n) is 9.05. The third kappa shape index (κ3) is 8.10. The summed E-state index contributed by atoms with van der Waals surface area (Å²) >= 11 is 0. The van der Waals surface area contributed by atoms with Crippen molar-refractivity contribution in [3.63, 3.8) is 0 Å². The van der Waals surface area contributed by atoms with E-state index >= 15 is 0 Å².